The van der Waals surface area contributed by atoms with Crippen LogP contribution >= 0.6 is 11.6 Å². The Morgan fingerprint density at radius 2 is 2.35 bits per heavy atom. The van der Waals surface area contributed by atoms with Crippen LogP contribution in [0.25, 0.3) is 0 Å². The van der Waals surface area contributed by atoms with Crippen molar-refractivity contribution in [2.45, 2.75) is 25.8 Å². The molecule has 2 rings (SSSR count). The Hall–Kier alpha value is -0.640. The van der Waals surface area contributed by atoms with Gasteiger partial charge in [0.2, 0.25) is 0 Å². The molecule has 1 heterocycles. The zero-order chi connectivity index (χ0) is 12.3. The highest BCUT2D eigenvalue weighted by Crippen LogP contribution is 2.20. The van der Waals surface area contributed by atoms with Crippen LogP contribution in [0.3, 0.4) is 0 Å². The number of nitrogens with one attached hydrogen (secondary N) is 2. The number of hydrogen-bond donors (Lipinski definition) is 2. The van der Waals surface area contributed by atoms with Crippen molar-refractivity contribution in [2.75, 3.05) is 19.6 Å². The molecule has 1 atom stereocenters. The van der Waals surface area contributed by atoms with E-state index in [4.69, 9.17) is 11.6 Å². The summed E-state index contributed by atoms with van der Waals surface area (Å²) in [5.74, 6) is -0.174. The van der Waals surface area contributed by atoms with Crippen LogP contribution in [-0.4, -0.2) is 25.7 Å². The van der Waals surface area contributed by atoms with Crippen molar-refractivity contribution in [3.05, 3.63) is 34.1 Å². The number of hydrogen-bond acceptors (Lipinski definition) is 2. The number of aryl methyl sites for hydroxylation is 1. The quantitative estimate of drug-likeness (QED) is 0.864. The molecule has 2 N–H and O–H groups in total. The Kier molecular flexibility index (Phi) is 4.37. The molecule has 0 amide bonds. The standard InChI is InChI=1S/C13H18ClFN2/c1-9-6-12(14)10(7-13(9)15)2-5-17-11-3-4-16-8-11/h6-7,11,16-17H,2-5,8H2,1H3. The van der Waals surface area contributed by atoms with E-state index in [9.17, 15) is 4.39 Å². The highest BCUT2D eigenvalue weighted by Gasteiger charge is 2.13. The third kappa shape index (κ3) is 3.41. The fourth-order valence-corrected chi connectivity index (χ4v) is 2.43. The maximum absolute atomic E-state index is 13.4. The maximum Gasteiger partial charge on any atom is 0.126 e. The molecule has 0 aromatic heterocycles. The van der Waals surface area contributed by atoms with Gasteiger partial charge in [-0.15, -0.1) is 0 Å². The van der Waals surface area contributed by atoms with Crippen LogP contribution in [-0.2, 0) is 6.42 Å². The van der Waals surface area contributed by atoms with Gasteiger partial charge >= 0.3 is 0 Å². The van der Waals surface area contributed by atoms with Gasteiger partial charge in [0.15, 0.2) is 0 Å². The Morgan fingerprint density at radius 3 is 3.06 bits per heavy atom. The fourth-order valence-electron chi connectivity index (χ4n) is 2.12. The van der Waals surface area contributed by atoms with Crippen molar-refractivity contribution in [3.63, 3.8) is 0 Å². The molecular weight excluding hydrogens is 239 g/mol. The molecule has 1 unspecified atom stereocenters. The minimum Gasteiger partial charge on any atom is -0.315 e. The summed E-state index contributed by atoms with van der Waals surface area (Å²) in [6.07, 6.45) is 1.93. The Bertz CT molecular complexity index is 389. The van der Waals surface area contributed by atoms with Crippen LogP contribution in [0, 0.1) is 12.7 Å². The average Bonchev–Trinajstić information content (AvgIpc) is 2.78. The third-order valence-corrected chi connectivity index (χ3v) is 3.57. The number of benzene rings is 1. The molecule has 1 aliphatic rings. The molecule has 0 radical (unpaired) electrons. The van der Waals surface area contributed by atoms with Crippen LogP contribution in [0.1, 0.15) is 17.5 Å². The minimum atomic E-state index is -0.174. The van der Waals surface area contributed by atoms with Crippen molar-refractivity contribution in [1.29, 1.82) is 0 Å². The van der Waals surface area contributed by atoms with E-state index in [0.29, 0.717) is 16.6 Å². The van der Waals surface area contributed by atoms with Crippen LogP contribution < -0.4 is 10.6 Å². The van der Waals surface area contributed by atoms with Crippen LogP contribution in [0.2, 0.25) is 5.02 Å². The van der Waals surface area contributed by atoms with E-state index in [1.165, 1.54) is 0 Å². The SMILES string of the molecule is Cc1cc(Cl)c(CCNC2CCNC2)cc1F. The van der Waals surface area contributed by atoms with Crippen molar-refractivity contribution in [2.24, 2.45) is 0 Å². The number of halogens is 2. The molecule has 1 aliphatic heterocycles. The van der Waals surface area contributed by atoms with Crippen molar-refractivity contribution in [3.8, 4) is 0 Å². The summed E-state index contributed by atoms with van der Waals surface area (Å²) in [6.45, 7) is 4.68. The fraction of sp³-hybridized carbons (Fsp3) is 0.538. The van der Waals surface area contributed by atoms with Gasteiger partial charge in [-0.25, -0.2) is 4.39 Å². The van der Waals surface area contributed by atoms with E-state index in [1.807, 2.05) is 0 Å². The molecule has 0 saturated carbocycles. The van der Waals surface area contributed by atoms with Gasteiger partial charge in [0, 0.05) is 17.6 Å². The summed E-state index contributed by atoms with van der Waals surface area (Å²) in [5.41, 5.74) is 1.49. The summed E-state index contributed by atoms with van der Waals surface area (Å²) in [5, 5.41) is 7.41. The molecule has 1 aromatic rings. The highest BCUT2D eigenvalue weighted by atomic mass is 35.5. The van der Waals surface area contributed by atoms with Crippen LogP contribution in [0.4, 0.5) is 4.39 Å². The first kappa shape index (κ1) is 12.8. The Morgan fingerprint density at radius 1 is 1.53 bits per heavy atom. The molecule has 0 aliphatic carbocycles. The van der Waals surface area contributed by atoms with Gasteiger partial charge in [-0.3, -0.25) is 0 Å². The zero-order valence-electron chi connectivity index (χ0n) is 10.0. The molecule has 4 heteroatoms. The van der Waals surface area contributed by atoms with E-state index >= 15 is 0 Å². The molecule has 17 heavy (non-hydrogen) atoms. The predicted molar refractivity (Wildman–Crippen MR) is 69.1 cm³/mol. The maximum atomic E-state index is 13.4. The monoisotopic (exact) mass is 256 g/mol. The van der Waals surface area contributed by atoms with E-state index < -0.39 is 0 Å². The summed E-state index contributed by atoms with van der Waals surface area (Å²) < 4.78 is 13.4. The first-order valence-corrected chi connectivity index (χ1v) is 6.43. The van der Waals surface area contributed by atoms with Crippen molar-refractivity contribution >= 4 is 11.6 Å². The first-order chi connectivity index (χ1) is 8.16. The largest absolute Gasteiger partial charge is 0.315 e. The van der Waals surface area contributed by atoms with Gasteiger partial charge in [0.1, 0.15) is 5.82 Å². The highest BCUT2D eigenvalue weighted by molar-refractivity contribution is 6.31. The van der Waals surface area contributed by atoms with Gasteiger partial charge in [0.25, 0.3) is 0 Å². The van der Waals surface area contributed by atoms with Gasteiger partial charge in [-0.1, -0.05) is 11.6 Å². The van der Waals surface area contributed by atoms with Crippen LogP contribution in [0.15, 0.2) is 12.1 Å². The van der Waals surface area contributed by atoms with Gasteiger partial charge in [0.05, 0.1) is 0 Å². The molecule has 0 bridgehead atoms. The molecule has 1 saturated heterocycles. The van der Waals surface area contributed by atoms with Gasteiger partial charge < -0.3 is 10.6 Å². The normalized spacial score (nSPS) is 19.8. The average molecular weight is 257 g/mol. The lowest BCUT2D eigenvalue weighted by atomic mass is 10.1. The lowest BCUT2D eigenvalue weighted by Gasteiger charge is -2.12. The second-order valence-corrected chi connectivity index (χ2v) is 4.99. The van der Waals surface area contributed by atoms with Gasteiger partial charge in [-0.05, 0) is 56.1 Å². The minimum absolute atomic E-state index is 0.174. The predicted octanol–water partition coefficient (Wildman–Crippen LogP) is 2.28. The lowest BCUT2D eigenvalue weighted by molar-refractivity contribution is 0.549. The van der Waals surface area contributed by atoms with Gasteiger partial charge in [-0.2, -0.15) is 0 Å². The Labute approximate surface area is 107 Å². The number of rotatable bonds is 4. The molecule has 1 fully saturated rings. The molecular formula is C13H18ClFN2. The van der Waals surface area contributed by atoms with Crippen molar-refractivity contribution < 1.29 is 4.39 Å². The second-order valence-electron chi connectivity index (χ2n) is 4.59. The smallest absolute Gasteiger partial charge is 0.126 e. The summed E-state index contributed by atoms with van der Waals surface area (Å²) >= 11 is 6.09. The zero-order valence-corrected chi connectivity index (χ0v) is 10.8. The molecule has 1 aromatic carbocycles. The Balaban J connectivity index is 1.87. The lowest BCUT2D eigenvalue weighted by Crippen LogP contribution is -2.32. The summed E-state index contributed by atoms with van der Waals surface area (Å²) in [7, 11) is 0. The van der Waals surface area contributed by atoms with E-state index in [1.54, 1.807) is 19.1 Å². The van der Waals surface area contributed by atoms with Crippen LogP contribution in [0.5, 0.6) is 0 Å². The molecule has 0 spiro atoms. The van der Waals surface area contributed by atoms with E-state index in [-0.39, 0.29) is 5.82 Å². The third-order valence-electron chi connectivity index (χ3n) is 3.22. The second kappa shape index (κ2) is 5.80. The summed E-state index contributed by atoms with van der Waals surface area (Å²) in [4.78, 5) is 0. The molecule has 94 valence electrons. The first-order valence-electron chi connectivity index (χ1n) is 6.05. The molecule has 2 nitrogen and oxygen atoms in total. The van der Waals surface area contributed by atoms with E-state index in [0.717, 1.165) is 38.0 Å². The topological polar surface area (TPSA) is 24.1 Å². The van der Waals surface area contributed by atoms with Crippen molar-refractivity contribution in [1.82, 2.24) is 10.6 Å². The van der Waals surface area contributed by atoms with E-state index in [2.05, 4.69) is 10.6 Å². The summed E-state index contributed by atoms with van der Waals surface area (Å²) in [6, 6.07) is 3.79.